The van der Waals surface area contributed by atoms with Crippen LogP contribution in [0.1, 0.15) is 16.1 Å². The predicted molar refractivity (Wildman–Crippen MR) is 76.2 cm³/mol. The first-order valence-electron chi connectivity index (χ1n) is 4.90. The number of carbonyl (C=O) groups is 1. The maximum atomic E-state index is 13.0. The van der Waals surface area contributed by atoms with Crippen LogP contribution in [0.15, 0.2) is 18.2 Å². The Balaban J connectivity index is 2.37. The van der Waals surface area contributed by atoms with E-state index < -0.39 is 5.97 Å². The average molecular weight is 378 g/mol. The minimum absolute atomic E-state index is 0.153. The van der Waals surface area contributed by atoms with Gasteiger partial charge < -0.3 is 10.4 Å². The fraction of sp³-hybridized carbons (Fsp3) is 0.0909. The Morgan fingerprint density at radius 2 is 2.28 bits per heavy atom. The van der Waals surface area contributed by atoms with Crippen molar-refractivity contribution in [2.45, 2.75) is 6.92 Å². The summed E-state index contributed by atoms with van der Waals surface area (Å²) in [5.41, 5.74) is 1.27. The number of nitrogens with zero attached hydrogens (tertiary/aromatic N) is 1. The van der Waals surface area contributed by atoms with Crippen molar-refractivity contribution >= 4 is 50.8 Å². The van der Waals surface area contributed by atoms with Gasteiger partial charge in [0, 0.05) is 3.57 Å². The number of hydrogen-bond acceptors (Lipinski definition) is 4. The molecule has 1 heterocycles. The zero-order valence-electron chi connectivity index (χ0n) is 9.20. The molecule has 4 nitrogen and oxygen atoms in total. The summed E-state index contributed by atoms with van der Waals surface area (Å²) in [7, 11) is 0. The number of carboxylic acids is 1. The van der Waals surface area contributed by atoms with Crippen molar-refractivity contribution in [2.24, 2.45) is 0 Å². The molecule has 18 heavy (non-hydrogen) atoms. The maximum Gasteiger partial charge on any atom is 0.340 e. The van der Waals surface area contributed by atoms with Gasteiger partial charge in [-0.05, 0) is 59.2 Å². The van der Waals surface area contributed by atoms with E-state index in [2.05, 4.69) is 9.69 Å². The molecule has 2 aromatic rings. The van der Waals surface area contributed by atoms with Crippen molar-refractivity contribution < 1.29 is 14.3 Å². The summed E-state index contributed by atoms with van der Waals surface area (Å²) < 4.78 is 17.6. The number of anilines is 2. The van der Waals surface area contributed by atoms with Crippen LogP contribution in [-0.4, -0.2) is 15.4 Å². The summed E-state index contributed by atoms with van der Waals surface area (Å²) in [6.07, 6.45) is 0. The highest BCUT2D eigenvalue weighted by atomic mass is 127. The third-order valence-corrected chi connectivity index (χ3v) is 4.00. The number of aryl methyl sites for hydroxylation is 1. The highest BCUT2D eigenvalue weighted by Crippen LogP contribution is 2.30. The van der Waals surface area contributed by atoms with Gasteiger partial charge in [0.15, 0.2) is 0 Å². The third-order valence-electron chi connectivity index (χ3n) is 2.26. The third kappa shape index (κ3) is 2.61. The zero-order valence-corrected chi connectivity index (χ0v) is 12.2. The molecule has 0 spiro atoms. The van der Waals surface area contributed by atoms with Gasteiger partial charge in [-0.1, -0.05) is 0 Å². The first-order chi connectivity index (χ1) is 8.49. The Morgan fingerprint density at radius 1 is 1.56 bits per heavy atom. The molecule has 0 aliphatic heterocycles. The van der Waals surface area contributed by atoms with E-state index in [1.807, 2.05) is 22.6 Å². The largest absolute Gasteiger partial charge is 0.478 e. The molecule has 0 aliphatic carbocycles. The molecule has 0 bridgehead atoms. The van der Waals surface area contributed by atoms with Crippen LogP contribution in [-0.2, 0) is 0 Å². The van der Waals surface area contributed by atoms with Crippen LogP contribution in [0.2, 0.25) is 0 Å². The molecule has 0 saturated carbocycles. The standard InChI is InChI=1S/C11H8FIN2O2S/c1-5-9(11(16)17)10(18-15-5)14-8-3-2-6(12)4-7(8)13/h2-4,14H,1H3,(H,16,17). The minimum Gasteiger partial charge on any atom is -0.478 e. The molecule has 0 aliphatic rings. The van der Waals surface area contributed by atoms with E-state index in [0.29, 0.717) is 20.0 Å². The number of aromatic nitrogens is 1. The summed E-state index contributed by atoms with van der Waals surface area (Å²) >= 11 is 3.06. The second-order valence-corrected chi connectivity index (χ2v) is 5.46. The van der Waals surface area contributed by atoms with Gasteiger partial charge in [0.1, 0.15) is 16.4 Å². The molecule has 1 aromatic heterocycles. The Bertz CT molecular complexity index is 615. The number of hydrogen-bond donors (Lipinski definition) is 2. The summed E-state index contributed by atoms with van der Waals surface area (Å²) in [4.78, 5) is 11.1. The van der Waals surface area contributed by atoms with Crippen LogP contribution >= 0.6 is 34.1 Å². The summed E-state index contributed by atoms with van der Waals surface area (Å²) in [5.74, 6) is -1.36. The van der Waals surface area contributed by atoms with Gasteiger partial charge in [0.2, 0.25) is 0 Å². The van der Waals surface area contributed by atoms with Crippen molar-refractivity contribution in [3.63, 3.8) is 0 Å². The van der Waals surface area contributed by atoms with Crippen LogP contribution < -0.4 is 5.32 Å². The van der Waals surface area contributed by atoms with Gasteiger partial charge in [-0.3, -0.25) is 0 Å². The lowest BCUT2D eigenvalue weighted by Gasteiger charge is -2.07. The summed E-state index contributed by atoms with van der Waals surface area (Å²) in [6.45, 7) is 1.64. The average Bonchev–Trinajstić information content (AvgIpc) is 2.64. The summed E-state index contributed by atoms with van der Waals surface area (Å²) in [6, 6.07) is 4.26. The van der Waals surface area contributed by atoms with Crippen LogP contribution in [0.4, 0.5) is 15.1 Å². The van der Waals surface area contributed by atoms with Crippen LogP contribution in [0.5, 0.6) is 0 Å². The molecule has 0 fully saturated rings. The van der Waals surface area contributed by atoms with Crippen molar-refractivity contribution in [2.75, 3.05) is 5.32 Å². The number of rotatable bonds is 3. The van der Waals surface area contributed by atoms with E-state index in [9.17, 15) is 9.18 Å². The number of benzene rings is 1. The van der Waals surface area contributed by atoms with Gasteiger partial charge >= 0.3 is 5.97 Å². The van der Waals surface area contributed by atoms with Gasteiger partial charge in [-0.15, -0.1) is 0 Å². The number of carboxylic acid groups (broad SMARTS) is 1. The smallest absolute Gasteiger partial charge is 0.340 e. The molecule has 2 N–H and O–H groups in total. The molecule has 0 saturated heterocycles. The molecule has 7 heteroatoms. The number of nitrogens with one attached hydrogen (secondary N) is 1. The Kier molecular flexibility index (Phi) is 3.81. The molecule has 1 aromatic carbocycles. The van der Waals surface area contributed by atoms with Crippen molar-refractivity contribution in [1.29, 1.82) is 0 Å². The first kappa shape index (κ1) is 13.2. The minimum atomic E-state index is -1.03. The quantitative estimate of drug-likeness (QED) is 0.801. The lowest BCUT2D eigenvalue weighted by atomic mass is 10.2. The lowest BCUT2D eigenvalue weighted by Crippen LogP contribution is -2.02. The fourth-order valence-corrected chi connectivity index (χ4v) is 2.83. The molecular formula is C11H8FIN2O2S. The van der Waals surface area contributed by atoms with E-state index in [-0.39, 0.29) is 11.4 Å². The lowest BCUT2D eigenvalue weighted by molar-refractivity contribution is 0.0697. The van der Waals surface area contributed by atoms with Crippen LogP contribution in [0, 0.1) is 16.3 Å². The predicted octanol–water partition coefficient (Wildman–Crippen LogP) is 3.64. The van der Waals surface area contributed by atoms with Crippen molar-refractivity contribution in [1.82, 2.24) is 4.37 Å². The van der Waals surface area contributed by atoms with E-state index >= 15 is 0 Å². The Morgan fingerprint density at radius 3 is 2.89 bits per heavy atom. The van der Waals surface area contributed by atoms with Crippen LogP contribution in [0.25, 0.3) is 0 Å². The van der Waals surface area contributed by atoms with Crippen molar-refractivity contribution in [3.8, 4) is 0 Å². The molecule has 0 unspecified atom stereocenters. The Hall–Kier alpha value is -1.22. The second-order valence-electron chi connectivity index (χ2n) is 3.53. The SMILES string of the molecule is Cc1nsc(Nc2ccc(F)cc2I)c1C(=O)O. The monoisotopic (exact) mass is 378 g/mol. The fourth-order valence-electron chi connectivity index (χ4n) is 1.42. The van der Waals surface area contributed by atoms with Gasteiger partial charge in [0.05, 0.1) is 11.4 Å². The Labute approximate surface area is 120 Å². The first-order valence-corrected chi connectivity index (χ1v) is 6.76. The van der Waals surface area contributed by atoms with E-state index in [1.165, 1.54) is 12.1 Å². The number of halogens is 2. The summed E-state index contributed by atoms with van der Waals surface area (Å²) in [5, 5.41) is 12.5. The molecular weight excluding hydrogens is 370 g/mol. The molecule has 0 amide bonds. The van der Waals surface area contributed by atoms with Crippen molar-refractivity contribution in [3.05, 3.63) is 38.8 Å². The molecule has 2 rings (SSSR count). The second kappa shape index (κ2) is 5.19. The van der Waals surface area contributed by atoms with E-state index in [4.69, 9.17) is 5.11 Å². The van der Waals surface area contributed by atoms with Gasteiger partial charge in [-0.25, -0.2) is 9.18 Å². The topological polar surface area (TPSA) is 62.2 Å². The highest BCUT2D eigenvalue weighted by Gasteiger charge is 2.18. The maximum absolute atomic E-state index is 13.0. The number of aromatic carboxylic acids is 1. The van der Waals surface area contributed by atoms with Crippen LogP contribution in [0.3, 0.4) is 0 Å². The zero-order chi connectivity index (χ0) is 13.3. The highest BCUT2D eigenvalue weighted by molar-refractivity contribution is 14.1. The molecule has 0 radical (unpaired) electrons. The molecule has 0 atom stereocenters. The molecule has 94 valence electrons. The normalized spacial score (nSPS) is 10.4. The van der Waals surface area contributed by atoms with E-state index in [0.717, 1.165) is 11.5 Å². The van der Waals surface area contributed by atoms with E-state index in [1.54, 1.807) is 13.0 Å². The van der Waals surface area contributed by atoms with Gasteiger partial charge in [0.25, 0.3) is 0 Å². The van der Waals surface area contributed by atoms with Gasteiger partial charge in [-0.2, -0.15) is 4.37 Å².